The smallest absolute Gasteiger partial charge is 0.153 e. The van der Waals surface area contributed by atoms with Gasteiger partial charge in [0.1, 0.15) is 11.3 Å². The first-order chi connectivity index (χ1) is 8.66. The summed E-state index contributed by atoms with van der Waals surface area (Å²) in [5.41, 5.74) is 2.61. The third kappa shape index (κ3) is 1.62. The van der Waals surface area contributed by atoms with Crippen LogP contribution in [0.3, 0.4) is 0 Å². The zero-order chi connectivity index (χ0) is 12.7. The highest BCUT2D eigenvalue weighted by molar-refractivity contribution is 5.81. The molecule has 1 atom stereocenters. The normalized spacial score (nSPS) is 13.1. The second kappa shape index (κ2) is 3.99. The number of hydrogen-bond acceptors (Lipinski definition) is 3. The van der Waals surface area contributed by atoms with E-state index in [-0.39, 0.29) is 0 Å². The lowest BCUT2D eigenvalue weighted by Crippen LogP contribution is -2.03. The van der Waals surface area contributed by atoms with Gasteiger partial charge in [0.05, 0.1) is 18.2 Å². The van der Waals surface area contributed by atoms with Crippen LogP contribution in [-0.4, -0.2) is 14.7 Å². The minimum absolute atomic E-state index is 0.544. The van der Waals surface area contributed by atoms with Gasteiger partial charge in [0, 0.05) is 12.4 Å². The fourth-order valence-electron chi connectivity index (χ4n) is 2.14. The van der Waals surface area contributed by atoms with Crippen molar-refractivity contribution in [3.8, 4) is 0 Å². The second-order valence-electron chi connectivity index (χ2n) is 4.47. The number of benzene rings is 1. The van der Waals surface area contributed by atoms with Gasteiger partial charge in [-0.1, -0.05) is 18.2 Å². The van der Waals surface area contributed by atoms with Gasteiger partial charge in [0.2, 0.25) is 0 Å². The quantitative estimate of drug-likeness (QED) is 0.751. The van der Waals surface area contributed by atoms with Crippen LogP contribution in [0.5, 0.6) is 0 Å². The molecule has 1 N–H and O–H groups in total. The maximum Gasteiger partial charge on any atom is 0.153 e. The summed E-state index contributed by atoms with van der Waals surface area (Å²) in [6.07, 6.45) is 2.52. The number of aliphatic hydroxyl groups excluding tert-OH is 1. The van der Waals surface area contributed by atoms with Gasteiger partial charge in [-0.05, 0) is 18.6 Å². The zero-order valence-electron chi connectivity index (χ0n) is 10.3. The number of fused-ring (bicyclic) bond motifs is 1. The Kier molecular flexibility index (Phi) is 2.45. The van der Waals surface area contributed by atoms with Crippen molar-refractivity contribution < 1.29 is 9.52 Å². The lowest BCUT2D eigenvalue weighted by Gasteiger charge is -2.07. The van der Waals surface area contributed by atoms with Crippen molar-refractivity contribution in [2.24, 2.45) is 7.05 Å². The van der Waals surface area contributed by atoms with E-state index >= 15 is 0 Å². The van der Waals surface area contributed by atoms with Gasteiger partial charge in [0.15, 0.2) is 6.10 Å². The molecule has 2 heterocycles. The summed E-state index contributed by atoms with van der Waals surface area (Å²) in [5, 5.41) is 11.3. The molecule has 0 aliphatic rings. The number of aryl methyl sites for hydroxylation is 2. The van der Waals surface area contributed by atoms with E-state index in [2.05, 4.69) is 4.98 Å². The first-order valence-electron chi connectivity index (χ1n) is 5.80. The van der Waals surface area contributed by atoms with E-state index in [4.69, 9.17) is 4.42 Å². The lowest BCUT2D eigenvalue weighted by atomic mass is 10.1. The molecule has 0 saturated carbocycles. The Bertz CT molecular complexity index is 697. The molecule has 0 aliphatic heterocycles. The summed E-state index contributed by atoms with van der Waals surface area (Å²) in [6, 6.07) is 7.82. The molecule has 3 rings (SSSR count). The van der Waals surface area contributed by atoms with Crippen molar-refractivity contribution in [2.75, 3.05) is 0 Å². The average Bonchev–Trinajstić information content (AvgIpc) is 2.95. The largest absolute Gasteiger partial charge is 0.458 e. The molecule has 0 saturated heterocycles. The molecule has 0 fully saturated rings. The summed E-state index contributed by atoms with van der Waals surface area (Å²) < 4.78 is 7.53. The van der Waals surface area contributed by atoms with Crippen LogP contribution >= 0.6 is 0 Å². The molecular weight excluding hydrogens is 228 g/mol. The number of aliphatic hydroxyl groups is 1. The molecule has 2 aromatic heterocycles. The number of hydrogen-bond donors (Lipinski definition) is 1. The van der Waals surface area contributed by atoms with Crippen LogP contribution in [0.2, 0.25) is 0 Å². The minimum Gasteiger partial charge on any atom is -0.458 e. The summed E-state index contributed by atoms with van der Waals surface area (Å²) in [6.45, 7) is 1.99. The van der Waals surface area contributed by atoms with Gasteiger partial charge < -0.3 is 14.1 Å². The van der Waals surface area contributed by atoms with Gasteiger partial charge in [-0.25, -0.2) is 4.98 Å². The molecule has 18 heavy (non-hydrogen) atoms. The molecule has 0 bridgehead atoms. The first kappa shape index (κ1) is 11.0. The molecule has 4 nitrogen and oxygen atoms in total. The van der Waals surface area contributed by atoms with Crippen molar-refractivity contribution in [1.82, 2.24) is 9.55 Å². The standard InChI is InChI=1S/C14H14N2O2/c1-9-4-3-5-10-6-12(18-14(9)10)13(17)11-7-15-8-16(11)2/h3-8,13,17H,1-2H3. The molecular formula is C14H14N2O2. The van der Waals surface area contributed by atoms with E-state index in [9.17, 15) is 5.11 Å². The first-order valence-corrected chi connectivity index (χ1v) is 5.80. The number of para-hydroxylation sites is 1. The van der Waals surface area contributed by atoms with Crippen molar-refractivity contribution in [1.29, 1.82) is 0 Å². The molecule has 0 radical (unpaired) electrons. The number of rotatable bonds is 2. The Morgan fingerprint density at radius 3 is 2.89 bits per heavy atom. The monoisotopic (exact) mass is 242 g/mol. The van der Waals surface area contributed by atoms with Crippen LogP contribution in [0.4, 0.5) is 0 Å². The SMILES string of the molecule is Cc1cccc2cc(C(O)c3cncn3C)oc12. The number of aromatic nitrogens is 2. The highest BCUT2D eigenvalue weighted by atomic mass is 16.4. The Balaban J connectivity index is 2.10. The lowest BCUT2D eigenvalue weighted by molar-refractivity contribution is 0.184. The van der Waals surface area contributed by atoms with E-state index in [0.717, 1.165) is 16.5 Å². The van der Waals surface area contributed by atoms with Gasteiger partial charge >= 0.3 is 0 Å². The third-order valence-corrected chi connectivity index (χ3v) is 3.16. The van der Waals surface area contributed by atoms with Crippen LogP contribution in [0.25, 0.3) is 11.0 Å². The predicted molar refractivity (Wildman–Crippen MR) is 68.2 cm³/mol. The van der Waals surface area contributed by atoms with Gasteiger partial charge in [0.25, 0.3) is 0 Å². The van der Waals surface area contributed by atoms with Crippen LogP contribution in [0.15, 0.2) is 41.2 Å². The summed E-state index contributed by atoms with van der Waals surface area (Å²) >= 11 is 0. The van der Waals surface area contributed by atoms with Gasteiger partial charge in [-0.3, -0.25) is 0 Å². The molecule has 0 aliphatic carbocycles. The fraction of sp³-hybridized carbons (Fsp3) is 0.214. The number of furan rings is 1. The molecule has 0 amide bonds. The molecule has 1 unspecified atom stereocenters. The predicted octanol–water partition coefficient (Wildman–Crippen LogP) is 2.56. The minimum atomic E-state index is -0.788. The Morgan fingerprint density at radius 1 is 1.39 bits per heavy atom. The molecule has 3 aromatic rings. The Hall–Kier alpha value is -2.07. The van der Waals surface area contributed by atoms with Crippen LogP contribution < -0.4 is 0 Å². The van der Waals surface area contributed by atoms with Gasteiger partial charge in [-0.2, -0.15) is 0 Å². The summed E-state index contributed by atoms with van der Waals surface area (Å²) in [5.74, 6) is 0.544. The molecule has 0 spiro atoms. The van der Waals surface area contributed by atoms with Crippen molar-refractivity contribution in [3.05, 3.63) is 53.8 Å². The number of imidazole rings is 1. The summed E-state index contributed by atoms with van der Waals surface area (Å²) in [4.78, 5) is 4.00. The maximum absolute atomic E-state index is 10.3. The van der Waals surface area contributed by atoms with Gasteiger partial charge in [-0.15, -0.1) is 0 Å². The Labute approximate surface area is 104 Å². The summed E-state index contributed by atoms with van der Waals surface area (Å²) in [7, 11) is 1.85. The highest BCUT2D eigenvalue weighted by Crippen LogP contribution is 2.29. The van der Waals surface area contributed by atoms with E-state index in [1.54, 1.807) is 17.1 Å². The number of nitrogens with zero attached hydrogens (tertiary/aromatic N) is 2. The van der Waals surface area contributed by atoms with Crippen molar-refractivity contribution >= 4 is 11.0 Å². The fourth-order valence-corrected chi connectivity index (χ4v) is 2.14. The van der Waals surface area contributed by atoms with Crippen LogP contribution in [0, 0.1) is 6.92 Å². The second-order valence-corrected chi connectivity index (χ2v) is 4.47. The third-order valence-electron chi connectivity index (χ3n) is 3.16. The molecule has 4 heteroatoms. The van der Waals surface area contributed by atoms with Crippen LogP contribution in [-0.2, 0) is 7.05 Å². The highest BCUT2D eigenvalue weighted by Gasteiger charge is 2.18. The molecule has 92 valence electrons. The van der Waals surface area contributed by atoms with Crippen molar-refractivity contribution in [3.63, 3.8) is 0 Å². The van der Waals surface area contributed by atoms with E-state index < -0.39 is 6.10 Å². The van der Waals surface area contributed by atoms with E-state index in [1.807, 2.05) is 38.2 Å². The van der Waals surface area contributed by atoms with Crippen molar-refractivity contribution in [2.45, 2.75) is 13.0 Å². The zero-order valence-corrected chi connectivity index (χ0v) is 10.3. The van der Waals surface area contributed by atoms with E-state index in [0.29, 0.717) is 11.5 Å². The maximum atomic E-state index is 10.3. The Morgan fingerprint density at radius 2 is 2.22 bits per heavy atom. The van der Waals surface area contributed by atoms with Crippen LogP contribution in [0.1, 0.15) is 23.1 Å². The average molecular weight is 242 g/mol. The topological polar surface area (TPSA) is 51.2 Å². The van der Waals surface area contributed by atoms with E-state index in [1.165, 1.54) is 0 Å². The molecule has 1 aromatic carbocycles.